The van der Waals surface area contributed by atoms with Gasteiger partial charge in [-0.25, -0.2) is 4.79 Å². The third kappa shape index (κ3) is 3.62. The Bertz CT molecular complexity index is 359. The molecule has 1 rings (SSSR count). The first-order chi connectivity index (χ1) is 6.99. The standard InChI is InChI=1S/C12H17NO2/c1-8(2)15-12(14)13-11-6-5-9(3)7-10(11)4/h5-8H,1-4H3,(H,13,14). The molecule has 1 aromatic rings. The average molecular weight is 207 g/mol. The van der Waals surface area contributed by atoms with Crippen LogP contribution in [-0.2, 0) is 4.74 Å². The van der Waals surface area contributed by atoms with Crippen molar-refractivity contribution in [1.82, 2.24) is 0 Å². The van der Waals surface area contributed by atoms with Crippen molar-refractivity contribution in [3.63, 3.8) is 0 Å². The first-order valence-electron chi connectivity index (χ1n) is 5.04. The zero-order chi connectivity index (χ0) is 11.4. The number of amides is 1. The van der Waals surface area contributed by atoms with Gasteiger partial charge in [0.1, 0.15) is 0 Å². The minimum Gasteiger partial charge on any atom is -0.447 e. The molecule has 1 N–H and O–H groups in total. The molecule has 0 spiro atoms. The molecule has 0 bridgehead atoms. The number of hydrogen-bond donors (Lipinski definition) is 1. The summed E-state index contributed by atoms with van der Waals surface area (Å²) in [5.41, 5.74) is 3.01. The van der Waals surface area contributed by atoms with Gasteiger partial charge in [-0.1, -0.05) is 17.7 Å². The highest BCUT2D eigenvalue weighted by Gasteiger charge is 2.06. The fraction of sp³-hybridized carbons (Fsp3) is 0.417. The molecule has 0 aliphatic carbocycles. The lowest BCUT2D eigenvalue weighted by Gasteiger charge is -2.11. The number of rotatable bonds is 2. The van der Waals surface area contributed by atoms with E-state index in [9.17, 15) is 4.79 Å². The molecule has 0 radical (unpaired) electrons. The SMILES string of the molecule is Cc1ccc(NC(=O)OC(C)C)c(C)c1. The van der Waals surface area contributed by atoms with E-state index in [2.05, 4.69) is 5.32 Å². The van der Waals surface area contributed by atoms with Gasteiger partial charge in [0.15, 0.2) is 0 Å². The summed E-state index contributed by atoms with van der Waals surface area (Å²) in [7, 11) is 0. The smallest absolute Gasteiger partial charge is 0.411 e. The minimum atomic E-state index is -0.406. The van der Waals surface area contributed by atoms with E-state index in [1.165, 1.54) is 5.56 Å². The maximum absolute atomic E-state index is 11.3. The Labute approximate surface area is 90.4 Å². The molecule has 0 aliphatic rings. The third-order valence-corrected chi connectivity index (χ3v) is 1.96. The quantitative estimate of drug-likeness (QED) is 0.808. The second kappa shape index (κ2) is 4.82. The van der Waals surface area contributed by atoms with E-state index in [1.807, 2.05) is 45.9 Å². The molecule has 15 heavy (non-hydrogen) atoms. The van der Waals surface area contributed by atoms with Gasteiger partial charge >= 0.3 is 6.09 Å². The summed E-state index contributed by atoms with van der Waals surface area (Å²) in [6.07, 6.45) is -0.507. The second-order valence-electron chi connectivity index (χ2n) is 3.90. The highest BCUT2D eigenvalue weighted by atomic mass is 16.6. The topological polar surface area (TPSA) is 38.3 Å². The van der Waals surface area contributed by atoms with E-state index >= 15 is 0 Å². The number of hydrogen-bond acceptors (Lipinski definition) is 2. The Kier molecular flexibility index (Phi) is 3.72. The van der Waals surface area contributed by atoms with E-state index in [0.717, 1.165) is 11.3 Å². The predicted molar refractivity (Wildman–Crippen MR) is 61.2 cm³/mol. The summed E-state index contributed by atoms with van der Waals surface area (Å²) in [6.45, 7) is 7.62. The zero-order valence-corrected chi connectivity index (χ0v) is 9.63. The zero-order valence-electron chi connectivity index (χ0n) is 9.63. The van der Waals surface area contributed by atoms with Gasteiger partial charge in [0, 0.05) is 5.69 Å². The Hall–Kier alpha value is -1.51. The molecule has 0 aliphatic heterocycles. The molecule has 82 valence electrons. The maximum atomic E-state index is 11.3. The van der Waals surface area contributed by atoms with Crippen molar-refractivity contribution >= 4 is 11.8 Å². The molecule has 3 heteroatoms. The number of aryl methyl sites for hydroxylation is 2. The molecule has 0 atom stereocenters. The molecule has 0 fully saturated rings. The van der Waals surface area contributed by atoms with Crippen LogP contribution >= 0.6 is 0 Å². The summed E-state index contributed by atoms with van der Waals surface area (Å²) >= 11 is 0. The fourth-order valence-electron chi connectivity index (χ4n) is 1.31. The summed E-state index contributed by atoms with van der Waals surface area (Å²) in [6, 6.07) is 5.86. The lowest BCUT2D eigenvalue weighted by atomic mass is 10.1. The first kappa shape index (κ1) is 11.6. The number of carbonyl (C=O) groups excluding carboxylic acids is 1. The van der Waals surface area contributed by atoms with Gasteiger partial charge in [0.25, 0.3) is 0 Å². The van der Waals surface area contributed by atoms with Crippen LogP contribution in [0.3, 0.4) is 0 Å². The van der Waals surface area contributed by atoms with Crippen molar-refractivity contribution < 1.29 is 9.53 Å². The summed E-state index contributed by atoms with van der Waals surface area (Å²) in [5, 5.41) is 2.71. The van der Waals surface area contributed by atoms with Crippen LogP contribution in [0.2, 0.25) is 0 Å². The third-order valence-electron chi connectivity index (χ3n) is 1.96. The maximum Gasteiger partial charge on any atom is 0.411 e. The van der Waals surface area contributed by atoms with Crippen molar-refractivity contribution in [3.05, 3.63) is 29.3 Å². The van der Waals surface area contributed by atoms with E-state index in [1.54, 1.807) is 0 Å². The van der Waals surface area contributed by atoms with Crippen LogP contribution in [-0.4, -0.2) is 12.2 Å². The summed E-state index contributed by atoms with van der Waals surface area (Å²) in [5.74, 6) is 0. The molecule has 0 unspecified atom stereocenters. The van der Waals surface area contributed by atoms with Crippen molar-refractivity contribution in [2.45, 2.75) is 33.8 Å². The molecule has 0 saturated heterocycles. The molecular formula is C12H17NO2. The molecule has 0 aromatic heterocycles. The molecule has 1 amide bonds. The second-order valence-corrected chi connectivity index (χ2v) is 3.90. The molecule has 0 saturated carbocycles. The summed E-state index contributed by atoms with van der Waals surface area (Å²) < 4.78 is 4.99. The van der Waals surface area contributed by atoms with Crippen LogP contribution in [0.4, 0.5) is 10.5 Å². The lowest BCUT2D eigenvalue weighted by molar-refractivity contribution is 0.130. The Morgan fingerprint density at radius 1 is 1.33 bits per heavy atom. The van der Waals surface area contributed by atoms with Gasteiger partial charge in [0.05, 0.1) is 6.10 Å². The number of benzene rings is 1. The van der Waals surface area contributed by atoms with E-state index < -0.39 is 6.09 Å². The van der Waals surface area contributed by atoms with Crippen molar-refractivity contribution in [2.75, 3.05) is 5.32 Å². The van der Waals surface area contributed by atoms with E-state index in [4.69, 9.17) is 4.74 Å². The Morgan fingerprint density at radius 3 is 2.53 bits per heavy atom. The van der Waals surface area contributed by atoms with Gasteiger partial charge < -0.3 is 4.74 Å². The highest BCUT2D eigenvalue weighted by molar-refractivity contribution is 5.85. The van der Waals surface area contributed by atoms with Gasteiger partial charge in [-0.05, 0) is 39.3 Å². The van der Waals surface area contributed by atoms with E-state index in [-0.39, 0.29) is 6.10 Å². The van der Waals surface area contributed by atoms with Crippen LogP contribution in [0.1, 0.15) is 25.0 Å². The fourth-order valence-corrected chi connectivity index (χ4v) is 1.31. The number of anilines is 1. The minimum absolute atomic E-state index is 0.101. The first-order valence-corrected chi connectivity index (χ1v) is 5.04. The number of carbonyl (C=O) groups is 1. The Balaban J connectivity index is 2.68. The van der Waals surface area contributed by atoms with Gasteiger partial charge in [-0.2, -0.15) is 0 Å². The molecule has 3 nitrogen and oxygen atoms in total. The number of nitrogens with one attached hydrogen (secondary N) is 1. The number of ether oxygens (including phenoxy) is 1. The van der Waals surface area contributed by atoms with Crippen LogP contribution < -0.4 is 5.32 Å². The summed E-state index contributed by atoms with van der Waals surface area (Å²) in [4.78, 5) is 11.3. The van der Waals surface area contributed by atoms with Crippen molar-refractivity contribution in [2.24, 2.45) is 0 Å². The van der Waals surface area contributed by atoms with Crippen molar-refractivity contribution in [1.29, 1.82) is 0 Å². The highest BCUT2D eigenvalue weighted by Crippen LogP contribution is 2.16. The van der Waals surface area contributed by atoms with Gasteiger partial charge in [0.2, 0.25) is 0 Å². The van der Waals surface area contributed by atoms with E-state index in [0.29, 0.717) is 0 Å². The van der Waals surface area contributed by atoms with Gasteiger partial charge in [-0.3, -0.25) is 5.32 Å². The van der Waals surface area contributed by atoms with Crippen molar-refractivity contribution in [3.8, 4) is 0 Å². The predicted octanol–water partition coefficient (Wildman–Crippen LogP) is 3.26. The lowest BCUT2D eigenvalue weighted by Crippen LogP contribution is -2.18. The largest absolute Gasteiger partial charge is 0.447 e. The molecular weight excluding hydrogens is 190 g/mol. The molecule has 0 heterocycles. The van der Waals surface area contributed by atoms with Crippen LogP contribution in [0.25, 0.3) is 0 Å². The van der Waals surface area contributed by atoms with Crippen LogP contribution in [0.15, 0.2) is 18.2 Å². The van der Waals surface area contributed by atoms with Crippen LogP contribution in [0.5, 0.6) is 0 Å². The monoisotopic (exact) mass is 207 g/mol. The Morgan fingerprint density at radius 2 is 2.00 bits per heavy atom. The van der Waals surface area contributed by atoms with Crippen LogP contribution in [0, 0.1) is 13.8 Å². The normalized spacial score (nSPS) is 10.2. The average Bonchev–Trinajstić information content (AvgIpc) is 2.08. The van der Waals surface area contributed by atoms with Gasteiger partial charge in [-0.15, -0.1) is 0 Å². The molecule has 1 aromatic carbocycles.